The lowest BCUT2D eigenvalue weighted by Gasteiger charge is -2.34. The Morgan fingerprint density at radius 3 is 2.20 bits per heavy atom. The molecule has 4 rings (SSSR count). The van der Waals surface area contributed by atoms with Crippen LogP contribution < -0.4 is 26.2 Å². The second-order valence-corrected chi connectivity index (χ2v) is 14.2. The molecule has 4 heterocycles. The molecule has 2 fully saturated rings. The van der Waals surface area contributed by atoms with Gasteiger partial charge in [0.05, 0.1) is 6.10 Å². The van der Waals surface area contributed by atoms with E-state index >= 15 is 0 Å². The fourth-order valence-electron chi connectivity index (χ4n) is 5.91. The number of nitrogens with one attached hydrogen (secondary N) is 5. The van der Waals surface area contributed by atoms with Gasteiger partial charge < -0.3 is 45.4 Å². The summed E-state index contributed by atoms with van der Waals surface area (Å²) in [5.41, 5.74) is 0.455. The molecule has 50 heavy (non-hydrogen) atoms. The van der Waals surface area contributed by atoms with E-state index < -0.39 is 11.5 Å². The molecule has 0 spiro atoms. The Kier molecular flexibility index (Phi) is 14.5. The first-order valence-electron chi connectivity index (χ1n) is 17.8. The van der Waals surface area contributed by atoms with Crippen molar-refractivity contribution in [3.63, 3.8) is 0 Å². The second-order valence-electron chi connectivity index (χ2n) is 14.2. The fraction of sp³-hybridized carbons (Fsp3) is 0.657. The minimum absolute atomic E-state index is 0.0786. The summed E-state index contributed by atoms with van der Waals surface area (Å²) in [5, 5.41) is 21.0. The van der Waals surface area contributed by atoms with Crippen molar-refractivity contribution in [2.45, 2.75) is 78.0 Å². The summed E-state index contributed by atoms with van der Waals surface area (Å²) in [6.07, 6.45) is 6.72. The summed E-state index contributed by atoms with van der Waals surface area (Å²) in [7, 11) is 1.75. The largest absolute Gasteiger partial charge is 0.444 e. The minimum Gasteiger partial charge on any atom is -0.444 e. The van der Waals surface area contributed by atoms with Crippen molar-refractivity contribution >= 4 is 41.0 Å². The third-order valence-electron chi connectivity index (χ3n) is 8.52. The number of carbonyl (C=O) groups excluding carboxylic acids is 2. The molecule has 0 aromatic carbocycles. The van der Waals surface area contributed by atoms with E-state index in [1.54, 1.807) is 31.6 Å². The van der Waals surface area contributed by atoms with Gasteiger partial charge in [0.15, 0.2) is 0 Å². The van der Waals surface area contributed by atoms with Crippen molar-refractivity contribution in [2.24, 2.45) is 0 Å². The van der Waals surface area contributed by atoms with Crippen molar-refractivity contribution in [1.82, 2.24) is 35.4 Å². The van der Waals surface area contributed by atoms with Gasteiger partial charge in [-0.2, -0.15) is 4.98 Å². The minimum atomic E-state index is -0.491. The molecule has 0 bridgehead atoms. The number of piperazine rings is 1. The van der Waals surface area contributed by atoms with Gasteiger partial charge in [-0.1, -0.05) is 0 Å². The standard InChI is InChI=1S/C35H57N11O4/c1-25(2)41-28-23-30(42-29-9-14-38-33(43-29)46-17-10-26(49-6)11-18-46)40-24-27(28)31(36)32(47)37-12-7-15-44-19-21-45(22-20-44)16-8-13-39-34(48)50-35(3,4)5/h9,14,23-26,36H,7-8,10-13,15-22H2,1-6H3,(H,37,47)(H,39,48)(H2,38,40,41,42,43). The highest BCUT2D eigenvalue weighted by molar-refractivity contribution is 6.45. The maximum absolute atomic E-state index is 13.0. The molecule has 2 aromatic heterocycles. The van der Waals surface area contributed by atoms with Gasteiger partial charge in [-0.25, -0.2) is 14.8 Å². The Bertz CT molecular complexity index is 1400. The molecule has 2 aromatic rings. The highest BCUT2D eigenvalue weighted by Crippen LogP contribution is 2.24. The highest BCUT2D eigenvalue weighted by atomic mass is 16.6. The van der Waals surface area contributed by atoms with Crippen LogP contribution in [-0.2, 0) is 14.3 Å². The van der Waals surface area contributed by atoms with E-state index in [1.165, 1.54) is 0 Å². The Hall–Kier alpha value is -4.08. The quantitative estimate of drug-likeness (QED) is 0.128. The molecule has 0 atom stereocenters. The third-order valence-corrected chi connectivity index (χ3v) is 8.52. The maximum atomic E-state index is 13.0. The number of rotatable bonds is 16. The van der Waals surface area contributed by atoms with Crippen LogP contribution in [0.1, 0.15) is 65.9 Å². The molecule has 2 aliphatic rings. The molecule has 5 N–H and O–H groups in total. The van der Waals surface area contributed by atoms with Gasteiger partial charge in [0, 0.05) is 95.2 Å². The number of hydrogen-bond acceptors (Lipinski definition) is 13. The zero-order valence-corrected chi connectivity index (χ0v) is 30.7. The highest BCUT2D eigenvalue weighted by Gasteiger charge is 2.22. The molecule has 0 unspecified atom stereocenters. The van der Waals surface area contributed by atoms with Crippen LogP contribution in [0.15, 0.2) is 24.5 Å². The van der Waals surface area contributed by atoms with Crippen LogP contribution in [0, 0.1) is 5.41 Å². The molecule has 0 aliphatic carbocycles. The van der Waals surface area contributed by atoms with Gasteiger partial charge in [-0.3, -0.25) is 10.2 Å². The maximum Gasteiger partial charge on any atom is 0.407 e. The van der Waals surface area contributed by atoms with Crippen LogP contribution in [0.2, 0.25) is 0 Å². The van der Waals surface area contributed by atoms with Crippen LogP contribution >= 0.6 is 0 Å². The van der Waals surface area contributed by atoms with E-state index in [1.807, 2.05) is 34.6 Å². The predicted molar refractivity (Wildman–Crippen MR) is 197 cm³/mol. The molecule has 2 saturated heterocycles. The number of aromatic nitrogens is 3. The zero-order valence-electron chi connectivity index (χ0n) is 30.7. The van der Waals surface area contributed by atoms with E-state index in [9.17, 15) is 9.59 Å². The van der Waals surface area contributed by atoms with Crippen LogP contribution in [0.3, 0.4) is 0 Å². The number of carbonyl (C=O) groups is 2. The third kappa shape index (κ3) is 12.7. The molecule has 15 nitrogen and oxygen atoms in total. The second kappa shape index (κ2) is 18.8. The number of ether oxygens (including phenoxy) is 2. The lowest BCUT2D eigenvalue weighted by molar-refractivity contribution is -0.114. The van der Waals surface area contributed by atoms with Gasteiger partial charge in [-0.15, -0.1) is 0 Å². The van der Waals surface area contributed by atoms with Gasteiger partial charge >= 0.3 is 6.09 Å². The fourth-order valence-corrected chi connectivity index (χ4v) is 5.91. The Morgan fingerprint density at radius 2 is 1.60 bits per heavy atom. The molecule has 276 valence electrons. The summed E-state index contributed by atoms with van der Waals surface area (Å²) in [4.78, 5) is 45.5. The number of methoxy groups -OCH3 is 1. The normalized spacial score (nSPS) is 16.3. The Morgan fingerprint density at radius 1 is 0.960 bits per heavy atom. The lowest BCUT2D eigenvalue weighted by Crippen LogP contribution is -2.47. The van der Waals surface area contributed by atoms with Crippen LogP contribution in [0.25, 0.3) is 0 Å². The van der Waals surface area contributed by atoms with Crippen LogP contribution in [0.5, 0.6) is 0 Å². The molecular formula is C35H57N11O4. The van der Waals surface area contributed by atoms with E-state index in [0.717, 1.165) is 78.0 Å². The molecular weight excluding hydrogens is 638 g/mol. The molecule has 0 saturated carbocycles. The number of pyridine rings is 1. The number of nitrogens with zero attached hydrogens (tertiary/aromatic N) is 6. The number of hydrogen-bond donors (Lipinski definition) is 5. The predicted octanol–water partition coefficient (Wildman–Crippen LogP) is 3.46. The van der Waals surface area contributed by atoms with Gasteiger partial charge in [0.25, 0.3) is 5.91 Å². The summed E-state index contributed by atoms with van der Waals surface area (Å²) < 4.78 is 10.8. The smallest absolute Gasteiger partial charge is 0.407 e. The first kappa shape index (κ1) is 38.7. The summed E-state index contributed by atoms with van der Waals surface area (Å²) in [5.74, 6) is 1.39. The van der Waals surface area contributed by atoms with E-state index in [0.29, 0.717) is 41.9 Å². The Balaban J connectivity index is 1.20. The SMILES string of the molecule is COC1CCN(c2nccc(Nc3cc(NC(C)C)c(C(=N)C(=O)NCCCN4CCN(CCCNC(=O)OC(C)(C)C)CC4)cn3)n2)CC1. The lowest BCUT2D eigenvalue weighted by atomic mass is 10.1. The molecule has 15 heteroatoms. The number of anilines is 4. The number of alkyl carbamates (subject to hydrolysis) is 1. The zero-order chi connectivity index (χ0) is 36.1. The van der Waals surface area contributed by atoms with Gasteiger partial charge in [-0.05, 0) is 79.5 Å². The number of piperidine rings is 1. The summed E-state index contributed by atoms with van der Waals surface area (Å²) >= 11 is 0. The topological polar surface area (TPSA) is 173 Å². The van der Waals surface area contributed by atoms with Gasteiger partial charge in [0.2, 0.25) is 5.95 Å². The summed E-state index contributed by atoms with van der Waals surface area (Å²) in [6.45, 7) is 18.0. The van der Waals surface area contributed by atoms with E-state index in [2.05, 4.69) is 45.9 Å². The number of amides is 2. The van der Waals surface area contributed by atoms with Crippen LogP contribution in [0.4, 0.5) is 28.1 Å². The van der Waals surface area contributed by atoms with Crippen molar-refractivity contribution < 1.29 is 19.1 Å². The summed E-state index contributed by atoms with van der Waals surface area (Å²) in [6, 6.07) is 3.68. The van der Waals surface area contributed by atoms with Crippen molar-refractivity contribution in [3.05, 3.63) is 30.1 Å². The van der Waals surface area contributed by atoms with Crippen molar-refractivity contribution in [2.75, 3.05) is 88.1 Å². The first-order chi connectivity index (χ1) is 23.9. The molecule has 2 aliphatic heterocycles. The monoisotopic (exact) mass is 695 g/mol. The average molecular weight is 696 g/mol. The average Bonchev–Trinajstić information content (AvgIpc) is 3.08. The molecule has 0 radical (unpaired) electrons. The van der Waals surface area contributed by atoms with E-state index in [4.69, 9.17) is 19.9 Å². The van der Waals surface area contributed by atoms with Crippen LogP contribution in [-0.4, -0.2) is 133 Å². The van der Waals surface area contributed by atoms with E-state index in [-0.39, 0.29) is 24.0 Å². The van der Waals surface area contributed by atoms with Crippen molar-refractivity contribution in [1.29, 1.82) is 5.41 Å². The Labute approximate surface area is 296 Å². The van der Waals surface area contributed by atoms with Crippen molar-refractivity contribution in [3.8, 4) is 0 Å². The molecule has 2 amide bonds. The first-order valence-corrected chi connectivity index (χ1v) is 17.8. The van der Waals surface area contributed by atoms with Gasteiger partial charge in [0.1, 0.15) is 22.9 Å².